The number of rotatable bonds is 5. The molecule has 0 radical (unpaired) electrons. The van der Waals surface area contributed by atoms with Crippen LogP contribution in [0.3, 0.4) is 0 Å². The van der Waals surface area contributed by atoms with E-state index in [9.17, 15) is 13.5 Å². The first kappa shape index (κ1) is 18.1. The Bertz CT molecular complexity index is 783. The van der Waals surface area contributed by atoms with E-state index in [2.05, 4.69) is 4.90 Å². The number of piperazine rings is 1. The number of hydrogen-bond acceptors (Lipinski definition) is 4. The fraction of sp³-hybridized carbons (Fsp3) is 0.368. The van der Waals surface area contributed by atoms with Crippen molar-refractivity contribution in [3.63, 3.8) is 0 Å². The van der Waals surface area contributed by atoms with Crippen molar-refractivity contribution in [1.29, 1.82) is 0 Å². The molecule has 0 unspecified atom stereocenters. The summed E-state index contributed by atoms with van der Waals surface area (Å²) in [5.41, 5.74) is 2.09. The van der Waals surface area contributed by atoms with Gasteiger partial charge in [0.25, 0.3) is 0 Å². The molecule has 2 aromatic rings. The van der Waals surface area contributed by atoms with Crippen LogP contribution >= 0.6 is 0 Å². The quantitative estimate of drug-likeness (QED) is 0.886. The van der Waals surface area contributed by atoms with Gasteiger partial charge in [0.2, 0.25) is 10.0 Å². The van der Waals surface area contributed by atoms with E-state index in [1.165, 1.54) is 4.31 Å². The standard InChI is InChI=1S/C19H24N2O3S/c1-16-7-9-18(10-8-16)25(23,24)21-13-11-20(12-14-21)19(15-22)17-5-3-2-4-6-17/h2-10,19,22H,11-15H2,1H3/t19-/m1/s1. The highest BCUT2D eigenvalue weighted by Gasteiger charge is 2.31. The van der Waals surface area contributed by atoms with Gasteiger partial charge in [-0.05, 0) is 24.6 Å². The Hall–Kier alpha value is -1.73. The molecule has 5 nitrogen and oxygen atoms in total. The lowest BCUT2D eigenvalue weighted by molar-refractivity contribution is 0.0903. The number of aliphatic hydroxyl groups excluding tert-OH is 1. The van der Waals surface area contributed by atoms with Crippen LogP contribution in [0, 0.1) is 6.92 Å². The van der Waals surface area contributed by atoms with Crippen molar-refractivity contribution < 1.29 is 13.5 Å². The van der Waals surface area contributed by atoms with Gasteiger partial charge in [-0.15, -0.1) is 0 Å². The van der Waals surface area contributed by atoms with Gasteiger partial charge in [-0.3, -0.25) is 4.90 Å². The molecule has 6 heteroatoms. The van der Waals surface area contributed by atoms with Gasteiger partial charge in [0, 0.05) is 26.2 Å². The lowest BCUT2D eigenvalue weighted by atomic mass is 10.1. The second-order valence-electron chi connectivity index (χ2n) is 6.36. The van der Waals surface area contributed by atoms with E-state index in [-0.39, 0.29) is 12.6 Å². The zero-order valence-electron chi connectivity index (χ0n) is 14.4. The van der Waals surface area contributed by atoms with E-state index < -0.39 is 10.0 Å². The number of sulfonamides is 1. The second-order valence-corrected chi connectivity index (χ2v) is 8.30. The van der Waals surface area contributed by atoms with E-state index in [0.717, 1.165) is 11.1 Å². The number of aryl methyl sites for hydroxylation is 1. The monoisotopic (exact) mass is 360 g/mol. The van der Waals surface area contributed by atoms with Gasteiger partial charge in [-0.1, -0.05) is 48.0 Å². The molecule has 1 atom stereocenters. The normalized spacial score (nSPS) is 18.2. The molecule has 0 aliphatic carbocycles. The second kappa shape index (κ2) is 7.66. The third-order valence-corrected chi connectivity index (χ3v) is 6.64. The summed E-state index contributed by atoms with van der Waals surface area (Å²) in [4.78, 5) is 2.49. The predicted molar refractivity (Wildman–Crippen MR) is 97.8 cm³/mol. The van der Waals surface area contributed by atoms with Gasteiger partial charge in [0.1, 0.15) is 0 Å². The minimum atomic E-state index is -3.46. The summed E-state index contributed by atoms with van der Waals surface area (Å²) in [6.07, 6.45) is 0. The van der Waals surface area contributed by atoms with Crippen molar-refractivity contribution in [1.82, 2.24) is 9.21 Å². The van der Waals surface area contributed by atoms with Gasteiger partial charge >= 0.3 is 0 Å². The topological polar surface area (TPSA) is 60.9 Å². The minimum absolute atomic E-state index is 0.0225. The maximum Gasteiger partial charge on any atom is 0.243 e. The van der Waals surface area contributed by atoms with Crippen LogP contribution in [-0.4, -0.2) is 55.5 Å². The molecule has 2 aromatic carbocycles. The van der Waals surface area contributed by atoms with Crippen molar-refractivity contribution in [3.05, 3.63) is 65.7 Å². The molecular weight excluding hydrogens is 336 g/mol. The van der Waals surface area contributed by atoms with Crippen molar-refractivity contribution in [2.45, 2.75) is 17.9 Å². The molecule has 3 rings (SSSR count). The van der Waals surface area contributed by atoms with E-state index in [4.69, 9.17) is 0 Å². The first-order chi connectivity index (χ1) is 12.0. The summed E-state index contributed by atoms with van der Waals surface area (Å²) >= 11 is 0. The first-order valence-electron chi connectivity index (χ1n) is 8.49. The van der Waals surface area contributed by atoms with E-state index >= 15 is 0 Å². The first-order valence-corrected chi connectivity index (χ1v) is 9.93. The minimum Gasteiger partial charge on any atom is -0.394 e. The summed E-state index contributed by atoms with van der Waals surface area (Å²) in [5, 5.41) is 9.79. The van der Waals surface area contributed by atoms with E-state index in [1.807, 2.05) is 49.4 Å². The Kier molecular flexibility index (Phi) is 5.54. The Morgan fingerprint density at radius 1 is 0.960 bits per heavy atom. The summed E-state index contributed by atoms with van der Waals surface area (Å²) in [5.74, 6) is 0. The lowest BCUT2D eigenvalue weighted by Gasteiger charge is -2.38. The third kappa shape index (κ3) is 3.93. The van der Waals surface area contributed by atoms with Crippen molar-refractivity contribution in [3.8, 4) is 0 Å². The molecule has 1 heterocycles. The van der Waals surface area contributed by atoms with Crippen LogP contribution in [0.25, 0.3) is 0 Å². The molecule has 25 heavy (non-hydrogen) atoms. The summed E-state index contributed by atoms with van der Waals surface area (Å²) in [6.45, 7) is 4.03. The lowest BCUT2D eigenvalue weighted by Crippen LogP contribution is -2.50. The highest BCUT2D eigenvalue weighted by atomic mass is 32.2. The number of nitrogens with zero attached hydrogens (tertiary/aromatic N) is 2. The highest BCUT2D eigenvalue weighted by Crippen LogP contribution is 2.24. The third-order valence-electron chi connectivity index (χ3n) is 4.73. The molecule has 1 N–H and O–H groups in total. The smallest absolute Gasteiger partial charge is 0.243 e. The van der Waals surface area contributed by atoms with Gasteiger partial charge < -0.3 is 5.11 Å². The summed E-state index contributed by atoms with van der Waals surface area (Å²) in [7, 11) is -3.46. The van der Waals surface area contributed by atoms with Crippen molar-refractivity contribution in [2.24, 2.45) is 0 Å². The van der Waals surface area contributed by atoms with Crippen molar-refractivity contribution in [2.75, 3.05) is 32.8 Å². The van der Waals surface area contributed by atoms with Crippen LogP contribution in [0.1, 0.15) is 17.2 Å². The van der Waals surface area contributed by atoms with Gasteiger partial charge in [0.05, 0.1) is 17.5 Å². The van der Waals surface area contributed by atoms with Crippen LogP contribution in [-0.2, 0) is 10.0 Å². The Labute approximate surface area is 149 Å². The highest BCUT2D eigenvalue weighted by molar-refractivity contribution is 7.89. The largest absolute Gasteiger partial charge is 0.394 e. The molecule has 134 valence electrons. The van der Waals surface area contributed by atoms with Crippen LogP contribution in [0.5, 0.6) is 0 Å². The van der Waals surface area contributed by atoms with Crippen LogP contribution in [0.15, 0.2) is 59.5 Å². The molecule has 1 fully saturated rings. The molecule has 1 saturated heterocycles. The number of hydrogen-bond donors (Lipinski definition) is 1. The number of benzene rings is 2. The van der Waals surface area contributed by atoms with Gasteiger partial charge in [0.15, 0.2) is 0 Å². The zero-order valence-corrected chi connectivity index (χ0v) is 15.2. The molecule has 0 bridgehead atoms. The summed E-state index contributed by atoms with van der Waals surface area (Å²) in [6, 6.07) is 16.7. The average molecular weight is 360 g/mol. The Morgan fingerprint density at radius 2 is 1.56 bits per heavy atom. The zero-order chi connectivity index (χ0) is 17.9. The van der Waals surface area contributed by atoms with E-state index in [1.54, 1.807) is 12.1 Å². The molecule has 0 saturated carbocycles. The van der Waals surface area contributed by atoms with Gasteiger partial charge in [-0.25, -0.2) is 8.42 Å². The fourth-order valence-corrected chi connectivity index (χ4v) is 4.64. The van der Waals surface area contributed by atoms with Crippen LogP contribution in [0.4, 0.5) is 0 Å². The van der Waals surface area contributed by atoms with E-state index in [0.29, 0.717) is 31.1 Å². The van der Waals surface area contributed by atoms with Crippen molar-refractivity contribution >= 4 is 10.0 Å². The Morgan fingerprint density at radius 3 is 2.12 bits per heavy atom. The average Bonchev–Trinajstić information content (AvgIpc) is 2.64. The van der Waals surface area contributed by atoms with Crippen LogP contribution in [0.2, 0.25) is 0 Å². The fourth-order valence-electron chi connectivity index (χ4n) is 3.22. The maximum atomic E-state index is 12.8. The molecule has 0 aromatic heterocycles. The molecule has 0 spiro atoms. The summed E-state index contributed by atoms with van der Waals surface area (Å²) < 4.78 is 27.1. The van der Waals surface area contributed by atoms with Crippen LogP contribution < -0.4 is 0 Å². The molecule has 1 aliphatic heterocycles. The predicted octanol–water partition coefficient (Wildman–Crippen LogP) is 2.03. The Balaban J connectivity index is 1.70. The molecular formula is C19H24N2O3S. The number of aliphatic hydroxyl groups is 1. The van der Waals surface area contributed by atoms with Gasteiger partial charge in [-0.2, -0.15) is 4.31 Å². The SMILES string of the molecule is Cc1ccc(S(=O)(=O)N2CCN([C@H](CO)c3ccccc3)CC2)cc1. The molecule has 0 amide bonds. The maximum absolute atomic E-state index is 12.8. The molecule has 1 aliphatic rings.